The van der Waals surface area contributed by atoms with E-state index in [0.29, 0.717) is 5.92 Å². The molecule has 0 aromatic heterocycles. The van der Waals surface area contributed by atoms with Crippen molar-refractivity contribution in [1.82, 2.24) is 0 Å². The van der Waals surface area contributed by atoms with E-state index >= 15 is 0 Å². The fourth-order valence-corrected chi connectivity index (χ4v) is 26.2. The van der Waals surface area contributed by atoms with Crippen LogP contribution in [-0.2, 0) is 24.7 Å². The summed E-state index contributed by atoms with van der Waals surface area (Å²) < 4.78 is 11.5. The summed E-state index contributed by atoms with van der Waals surface area (Å²) in [6.07, 6.45) is 9.59. The maximum absolute atomic E-state index is 6.66. The van der Waals surface area contributed by atoms with Gasteiger partial charge in [-0.25, -0.2) is 0 Å². The summed E-state index contributed by atoms with van der Waals surface area (Å²) in [5.74, 6) is 0.313. The van der Waals surface area contributed by atoms with E-state index in [0.717, 1.165) is 22.9 Å². The molecular weight excluding hydrogens is 750 g/mol. The number of hydrogen-bond donors (Lipinski definition) is 0. The van der Waals surface area contributed by atoms with Gasteiger partial charge in [0.25, 0.3) is 0 Å². The van der Waals surface area contributed by atoms with Gasteiger partial charge in [-0.05, 0) is 0 Å². The normalized spacial score (nSPS) is 15.6. The van der Waals surface area contributed by atoms with Gasteiger partial charge >= 0.3 is 290 Å². The molecule has 0 aliphatic heterocycles. The van der Waals surface area contributed by atoms with Gasteiger partial charge in [0.2, 0.25) is 0 Å². The van der Waals surface area contributed by atoms with Crippen LogP contribution in [0.3, 0.4) is 0 Å². The molecule has 0 amide bonds. The molecule has 4 aromatic carbocycles. The van der Waals surface area contributed by atoms with Crippen molar-refractivity contribution < 1.29 is 18.3 Å². The number of unbranched alkanes of at least 4 members (excludes halogenated alkanes) is 1. The zero-order valence-corrected chi connectivity index (χ0v) is 35.3. The van der Waals surface area contributed by atoms with Gasteiger partial charge in [0, 0.05) is 0 Å². The summed E-state index contributed by atoms with van der Waals surface area (Å²) >= 11 is 8.23. The van der Waals surface area contributed by atoms with Crippen molar-refractivity contribution >= 4 is 62.0 Å². The van der Waals surface area contributed by atoms with Crippen molar-refractivity contribution in [3.05, 3.63) is 131 Å². The Morgan fingerprint density at radius 2 is 1.29 bits per heavy atom. The fraction of sp³-hybridized carbons (Fsp3) is 0.326. The Morgan fingerprint density at radius 3 is 1.81 bits per heavy atom. The molecule has 254 valence electrons. The van der Waals surface area contributed by atoms with Gasteiger partial charge in [-0.2, -0.15) is 0 Å². The summed E-state index contributed by atoms with van der Waals surface area (Å²) in [4.78, 5) is 0. The molecule has 1 unspecified atom stereocenters. The van der Waals surface area contributed by atoms with Crippen LogP contribution in [0.15, 0.2) is 87.7 Å². The van der Waals surface area contributed by atoms with E-state index in [-0.39, 0.29) is 30.2 Å². The molecule has 0 heterocycles. The number of fused-ring (bicyclic) bond motifs is 3. The van der Waals surface area contributed by atoms with Crippen LogP contribution in [-0.4, -0.2) is 4.21 Å². The second-order valence-corrected chi connectivity index (χ2v) is 28.7. The first-order chi connectivity index (χ1) is 21.7. The molecule has 0 saturated heterocycles. The quantitative estimate of drug-likeness (QED) is 0.154. The molecule has 2 aliphatic carbocycles. The van der Waals surface area contributed by atoms with Crippen molar-refractivity contribution in [3.8, 4) is 11.1 Å². The molecule has 0 nitrogen and oxygen atoms in total. The van der Waals surface area contributed by atoms with Crippen LogP contribution in [0, 0.1) is 39.0 Å². The van der Waals surface area contributed by atoms with Crippen molar-refractivity contribution in [2.75, 3.05) is 0 Å². The van der Waals surface area contributed by atoms with Crippen LogP contribution in [0.2, 0.25) is 10.0 Å². The minimum absolute atomic E-state index is 0. The van der Waals surface area contributed by atoms with Crippen LogP contribution in [0.1, 0.15) is 80.3 Å². The summed E-state index contributed by atoms with van der Waals surface area (Å²) in [6, 6.07) is 24.9. The second-order valence-electron chi connectivity index (χ2n) is 15.2. The van der Waals surface area contributed by atoms with Crippen LogP contribution in [0.5, 0.6) is 0 Å². The molecule has 0 radical (unpaired) electrons. The molecule has 6 rings (SSSR count). The van der Waals surface area contributed by atoms with Crippen molar-refractivity contribution in [1.29, 1.82) is 0 Å². The third-order valence-electron chi connectivity index (χ3n) is 11.3. The second kappa shape index (κ2) is 14.1. The first-order valence-electron chi connectivity index (χ1n) is 16.9. The van der Waals surface area contributed by atoms with Gasteiger partial charge in [-0.15, -0.1) is 24.8 Å². The SMILES string of the molecule is Cl.Cl.[CH2]=[Zr]([C]1=CC(C(C)(C)C)=CC1CCCC)([c]1ccc(Cl)cc1)([c]1ccc(Cl)cc1)[c]1c(C)c(C)cc2c1Cc1cc(C)c(C)cc1-2. The van der Waals surface area contributed by atoms with E-state index < -0.39 is 18.3 Å². The topological polar surface area (TPSA) is 0 Å². The van der Waals surface area contributed by atoms with E-state index in [1.165, 1.54) is 72.7 Å². The first-order valence-corrected chi connectivity index (χ1v) is 24.3. The van der Waals surface area contributed by atoms with Crippen molar-refractivity contribution in [3.63, 3.8) is 0 Å². The van der Waals surface area contributed by atoms with Crippen LogP contribution < -0.4 is 9.81 Å². The van der Waals surface area contributed by atoms with Crippen LogP contribution in [0.4, 0.5) is 0 Å². The number of allylic oxidation sites excluding steroid dienone is 4. The number of hydrogen-bond acceptors (Lipinski definition) is 0. The molecule has 1 atom stereocenters. The number of rotatable bonds is 7. The van der Waals surface area contributed by atoms with E-state index in [1.54, 1.807) is 3.28 Å². The molecule has 0 saturated carbocycles. The predicted molar refractivity (Wildman–Crippen MR) is 216 cm³/mol. The molecule has 48 heavy (non-hydrogen) atoms. The molecule has 5 heteroatoms. The van der Waals surface area contributed by atoms with Gasteiger partial charge in [0.15, 0.2) is 0 Å². The van der Waals surface area contributed by atoms with Crippen molar-refractivity contribution in [2.24, 2.45) is 11.3 Å². The Balaban J connectivity index is 0.00000260. The molecule has 4 aromatic rings. The van der Waals surface area contributed by atoms with E-state index in [4.69, 9.17) is 27.4 Å². The predicted octanol–water partition coefficient (Wildman–Crippen LogP) is 11.7. The third kappa shape index (κ3) is 6.13. The zero-order valence-electron chi connectivity index (χ0n) is 29.7. The summed E-state index contributed by atoms with van der Waals surface area (Å²) in [5, 5.41) is 1.51. The molecule has 0 spiro atoms. The van der Waals surface area contributed by atoms with E-state index in [9.17, 15) is 0 Å². The average molecular weight is 800 g/mol. The van der Waals surface area contributed by atoms with E-state index in [1.807, 2.05) is 0 Å². The Hall–Kier alpha value is -1.73. The van der Waals surface area contributed by atoms with Gasteiger partial charge in [0.05, 0.1) is 0 Å². The Kier molecular flexibility index (Phi) is 11.5. The Labute approximate surface area is 312 Å². The molecule has 0 N–H and O–H groups in total. The molecule has 2 aliphatic rings. The monoisotopic (exact) mass is 796 g/mol. The minimum atomic E-state index is -5.09. The van der Waals surface area contributed by atoms with E-state index in [2.05, 4.69) is 134 Å². The van der Waals surface area contributed by atoms with Gasteiger partial charge < -0.3 is 0 Å². The van der Waals surface area contributed by atoms with Crippen molar-refractivity contribution in [2.45, 2.75) is 81.1 Å². The summed E-state index contributed by atoms with van der Waals surface area (Å²) in [7, 11) is 0. The average Bonchev–Trinajstić information content (AvgIpc) is 3.59. The zero-order chi connectivity index (χ0) is 33.2. The molecular formula is C43H50Cl4Zr. The first kappa shape index (κ1) is 39.1. The fourth-order valence-electron chi connectivity index (χ4n) is 8.50. The van der Waals surface area contributed by atoms with Gasteiger partial charge in [-0.1, -0.05) is 0 Å². The maximum atomic E-state index is 6.66. The molecule has 0 fully saturated rings. The van der Waals surface area contributed by atoms with Gasteiger partial charge in [0.1, 0.15) is 0 Å². The molecule has 0 bridgehead atoms. The summed E-state index contributed by atoms with van der Waals surface area (Å²) in [5.41, 5.74) is 12.5. The number of benzene rings is 4. The number of aryl methyl sites for hydroxylation is 3. The standard InChI is InChI=1S/C17H17.C13H21.2C6H4Cl.CH2.2ClH.Zr/c1-10-5-14-9-15-6-11(2)13(4)8-17(15)16(14)7-12(10)3;1-5-6-7-11-8-9-12(10-11)13(2,3)4;2*7-6-4-2-1-3-5-6;;;;/h5,7-8H,9H2,1-4H3;9-11H,5-7H2,1-4H3;2*2-5H;1H2;2*1H;. The summed E-state index contributed by atoms with van der Waals surface area (Å²) in [6.45, 7) is 18.5. The number of halogens is 4. The van der Waals surface area contributed by atoms with Crippen LogP contribution in [0.25, 0.3) is 11.1 Å². The Bertz CT molecular complexity index is 1940. The van der Waals surface area contributed by atoms with Gasteiger partial charge in [-0.3, -0.25) is 0 Å². The van der Waals surface area contributed by atoms with Crippen LogP contribution >= 0.6 is 48.0 Å². The third-order valence-corrected chi connectivity index (χ3v) is 28.5. The Morgan fingerprint density at radius 1 is 0.771 bits per heavy atom.